The zero-order valence-corrected chi connectivity index (χ0v) is 16.6. The predicted octanol–water partition coefficient (Wildman–Crippen LogP) is 5.49. The van der Waals surface area contributed by atoms with Gasteiger partial charge in [-0.25, -0.2) is 8.78 Å². The molecular formula is C23H21F2NO4. The molecule has 0 bridgehead atoms. The minimum Gasteiger partial charge on any atom is -0.497 e. The van der Waals surface area contributed by atoms with Crippen molar-refractivity contribution in [2.45, 2.75) is 13.5 Å². The van der Waals surface area contributed by atoms with E-state index in [-0.39, 0.29) is 23.9 Å². The summed E-state index contributed by atoms with van der Waals surface area (Å²) in [6.45, 7) is 0.325. The molecule has 30 heavy (non-hydrogen) atoms. The molecule has 1 amide bonds. The van der Waals surface area contributed by atoms with Gasteiger partial charge in [0.25, 0.3) is 0 Å². The fourth-order valence-electron chi connectivity index (χ4n) is 2.95. The number of hydrogen-bond acceptors (Lipinski definition) is 4. The van der Waals surface area contributed by atoms with Crippen LogP contribution >= 0.6 is 0 Å². The van der Waals surface area contributed by atoms with Crippen molar-refractivity contribution in [3.63, 3.8) is 0 Å². The zero-order chi connectivity index (χ0) is 21.5. The lowest BCUT2D eigenvalue weighted by molar-refractivity contribution is -0.116. The second kappa shape index (κ2) is 9.73. The topological polar surface area (TPSA) is 48.0 Å². The summed E-state index contributed by atoms with van der Waals surface area (Å²) in [5.74, 6) is 0.728. The number of ether oxygens (including phenoxy) is 3. The molecule has 156 valence electrons. The standard InChI is InChI=1S/C23H21F2NO4/c1-16(27)26(14-17-12-20(28-2)9-11-22(17)29-15-24)21-13-18(25)8-10-23(21)30-19-6-4-3-5-7-19/h3-13H,14-15H2,1-2H3/i24-1. The molecule has 0 saturated heterocycles. The summed E-state index contributed by atoms with van der Waals surface area (Å²) < 4.78 is 43.0. The van der Waals surface area contributed by atoms with Gasteiger partial charge < -0.3 is 19.1 Å². The summed E-state index contributed by atoms with van der Waals surface area (Å²) in [6.07, 6.45) is 0. The Morgan fingerprint density at radius 3 is 2.37 bits per heavy atom. The number of rotatable bonds is 8. The van der Waals surface area contributed by atoms with E-state index in [2.05, 4.69) is 0 Å². The molecule has 3 aromatic carbocycles. The van der Waals surface area contributed by atoms with Crippen molar-refractivity contribution in [2.75, 3.05) is 18.9 Å². The Morgan fingerprint density at radius 2 is 1.70 bits per heavy atom. The Kier molecular flexibility index (Phi) is 6.85. The molecule has 0 aromatic heterocycles. The van der Waals surface area contributed by atoms with E-state index in [1.165, 1.54) is 37.1 Å². The van der Waals surface area contributed by atoms with Crippen LogP contribution in [0.3, 0.4) is 0 Å². The van der Waals surface area contributed by atoms with E-state index in [4.69, 9.17) is 14.2 Å². The van der Waals surface area contributed by atoms with Crippen LogP contribution < -0.4 is 19.1 Å². The zero-order valence-electron chi connectivity index (χ0n) is 16.6. The van der Waals surface area contributed by atoms with Crippen molar-refractivity contribution < 1.29 is 27.8 Å². The number of benzene rings is 3. The molecule has 0 radical (unpaired) electrons. The predicted molar refractivity (Wildman–Crippen MR) is 109 cm³/mol. The van der Waals surface area contributed by atoms with Crippen LogP contribution in [0.15, 0.2) is 66.7 Å². The maximum absolute atomic E-state index is 14.1. The summed E-state index contributed by atoms with van der Waals surface area (Å²) >= 11 is 0. The number of carbonyl (C=O) groups is 1. The Labute approximate surface area is 173 Å². The molecule has 0 heterocycles. The van der Waals surface area contributed by atoms with E-state index >= 15 is 0 Å². The quantitative estimate of drug-likeness (QED) is 0.491. The molecule has 7 heteroatoms. The van der Waals surface area contributed by atoms with Crippen LogP contribution in [0.25, 0.3) is 0 Å². The van der Waals surface area contributed by atoms with Crippen molar-refractivity contribution in [3.05, 3.63) is 78.1 Å². The van der Waals surface area contributed by atoms with Crippen molar-refractivity contribution >= 4 is 11.6 Å². The summed E-state index contributed by atoms with van der Waals surface area (Å²) in [6, 6.07) is 17.7. The van der Waals surface area contributed by atoms with Gasteiger partial charge in [0.15, 0.2) is 5.75 Å². The van der Waals surface area contributed by atoms with Crippen molar-refractivity contribution in [1.82, 2.24) is 0 Å². The maximum atomic E-state index is 14.1. The molecule has 0 fully saturated rings. The maximum Gasteiger partial charge on any atom is 0.228 e. The summed E-state index contributed by atoms with van der Waals surface area (Å²) in [4.78, 5) is 13.8. The molecule has 0 aliphatic carbocycles. The highest BCUT2D eigenvalue weighted by atomic mass is 19.1. The number of nitrogens with zero attached hydrogens (tertiary/aromatic N) is 1. The molecule has 0 spiro atoms. The fourth-order valence-corrected chi connectivity index (χ4v) is 2.95. The smallest absolute Gasteiger partial charge is 0.228 e. The molecule has 0 N–H and O–H groups in total. The van der Waals surface area contributed by atoms with Crippen LogP contribution in [0.2, 0.25) is 0 Å². The first-order valence-corrected chi connectivity index (χ1v) is 9.18. The van der Waals surface area contributed by atoms with E-state index < -0.39 is 12.7 Å². The third-order valence-electron chi connectivity index (χ3n) is 4.37. The van der Waals surface area contributed by atoms with Gasteiger partial charge in [-0.1, -0.05) is 18.2 Å². The molecule has 0 aliphatic rings. The van der Waals surface area contributed by atoms with Gasteiger partial charge in [-0.2, -0.15) is 0 Å². The van der Waals surface area contributed by atoms with Gasteiger partial charge in [0.1, 0.15) is 23.1 Å². The number of methoxy groups -OCH3 is 1. The van der Waals surface area contributed by atoms with E-state index in [9.17, 15) is 13.6 Å². The first kappa shape index (κ1) is 21.1. The van der Waals surface area contributed by atoms with E-state index in [0.29, 0.717) is 22.8 Å². The molecule has 0 unspecified atom stereocenters. The first-order chi connectivity index (χ1) is 14.5. The van der Waals surface area contributed by atoms with Gasteiger partial charge in [-0.15, -0.1) is 0 Å². The van der Waals surface area contributed by atoms with Gasteiger partial charge >= 0.3 is 0 Å². The summed E-state index contributed by atoms with van der Waals surface area (Å²) in [5, 5.41) is 0. The van der Waals surface area contributed by atoms with Crippen LogP contribution in [0.4, 0.5) is 14.5 Å². The van der Waals surface area contributed by atoms with Crippen molar-refractivity contribution in [1.29, 1.82) is 0 Å². The summed E-state index contributed by atoms with van der Waals surface area (Å²) in [5.41, 5.74) is 0.734. The number of carbonyl (C=O) groups excluding carboxylic acids is 1. The second-order valence-corrected chi connectivity index (χ2v) is 6.36. The van der Waals surface area contributed by atoms with Gasteiger partial charge in [-0.05, 0) is 42.5 Å². The Morgan fingerprint density at radius 1 is 0.967 bits per heavy atom. The van der Waals surface area contributed by atoms with E-state index in [1.54, 1.807) is 42.5 Å². The van der Waals surface area contributed by atoms with Gasteiger partial charge in [0.05, 0.1) is 19.3 Å². The monoisotopic (exact) mass is 412 g/mol. The minimum absolute atomic E-state index is 0.00350. The Bertz CT molecular complexity index is 1010. The van der Waals surface area contributed by atoms with Crippen molar-refractivity contribution in [3.8, 4) is 23.0 Å². The normalized spacial score (nSPS) is 10.4. The average molecular weight is 412 g/mol. The number of para-hydroxylation sites is 1. The molecule has 0 saturated carbocycles. The van der Waals surface area contributed by atoms with Crippen LogP contribution in [0, 0.1) is 5.82 Å². The number of halogens is 2. The molecule has 0 atom stereocenters. The van der Waals surface area contributed by atoms with Gasteiger partial charge in [-0.3, -0.25) is 4.79 Å². The molecule has 5 nitrogen and oxygen atoms in total. The van der Waals surface area contributed by atoms with Crippen LogP contribution in [-0.2, 0) is 11.3 Å². The largest absolute Gasteiger partial charge is 0.497 e. The lowest BCUT2D eigenvalue weighted by Crippen LogP contribution is -2.28. The van der Waals surface area contributed by atoms with Crippen LogP contribution in [0.1, 0.15) is 12.5 Å². The Balaban J connectivity index is 2.01. The molecular weight excluding hydrogens is 391 g/mol. The highest BCUT2D eigenvalue weighted by Crippen LogP contribution is 2.35. The highest BCUT2D eigenvalue weighted by molar-refractivity contribution is 5.93. The number of anilines is 1. The molecule has 3 rings (SSSR count). The third-order valence-corrected chi connectivity index (χ3v) is 4.37. The molecule has 0 aliphatic heterocycles. The third kappa shape index (κ3) is 5.05. The number of amides is 1. The van der Waals surface area contributed by atoms with Crippen molar-refractivity contribution in [2.24, 2.45) is 0 Å². The Hall–Kier alpha value is -3.61. The summed E-state index contributed by atoms with van der Waals surface area (Å²) in [7, 11) is 1.50. The van der Waals surface area contributed by atoms with Crippen LogP contribution in [0.5, 0.6) is 23.0 Å². The number of alkyl halides is 1. The second-order valence-electron chi connectivity index (χ2n) is 6.36. The molecule has 3 aromatic rings. The van der Waals surface area contributed by atoms with Gasteiger partial charge in [0.2, 0.25) is 12.8 Å². The van der Waals surface area contributed by atoms with E-state index in [0.717, 1.165) is 0 Å². The lowest BCUT2D eigenvalue weighted by atomic mass is 10.1. The first-order valence-electron chi connectivity index (χ1n) is 9.18. The fraction of sp³-hybridized carbons (Fsp3) is 0.174. The minimum atomic E-state index is -1.03. The van der Waals surface area contributed by atoms with E-state index in [1.807, 2.05) is 6.07 Å². The van der Waals surface area contributed by atoms with Gasteiger partial charge in [0, 0.05) is 18.6 Å². The average Bonchev–Trinajstić information content (AvgIpc) is 2.75. The van der Waals surface area contributed by atoms with Crippen LogP contribution in [-0.4, -0.2) is 19.9 Å². The number of hydrogen-bond donors (Lipinski definition) is 0. The SMILES string of the molecule is COc1ccc(OC[18F])c(CN(C(C)=O)c2cc(F)ccc2Oc2ccccc2)c1. The lowest BCUT2D eigenvalue weighted by Gasteiger charge is -2.25. The highest BCUT2D eigenvalue weighted by Gasteiger charge is 2.21.